The van der Waals surface area contributed by atoms with Crippen molar-refractivity contribution in [2.45, 2.75) is 44.9 Å². The highest BCUT2D eigenvalue weighted by Crippen LogP contribution is 2.21. The van der Waals surface area contributed by atoms with Crippen molar-refractivity contribution in [3.05, 3.63) is 35.9 Å². The smallest absolute Gasteiger partial charge is 0.282 e. The number of rotatable bonds is 4. The summed E-state index contributed by atoms with van der Waals surface area (Å²) in [5.41, 5.74) is 0.624. The van der Waals surface area contributed by atoms with Crippen molar-refractivity contribution >= 4 is 16.1 Å². The van der Waals surface area contributed by atoms with Crippen LogP contribution in [0.3, 0.4) is 0 Å². The van der Waals surface area contributed by atoms with E-state index < -0.39 is 10.2 Å². The second-order valence-corrected chi connectivity index (χ2v) is 9.02. The number of ether oxygens (including phenoxy) is 1. The van der Waals surface area contributed by atoms with Gasteiger partial charge in [-0.1, -0.05) is 18.2 Å². The number of hydrogen-bond acceptors (Lipinski definition) is 4. The molecule has 144 valence electrons. The van der Waals surface area contributed by atoms with E-state index in [-0.39, 0.29) is 24.2 Å². The molecular formula is C18H27N3O4S. The number of carbonyl (C=O) groups is 1. The third kappa shape index (κ3) is 4.43. The first-order chi connectivity index (χ1) is 12.4. The Kier molecular flexibility index (Phi) is 5.96. The molecule has 2 aliphatic heterocycles. The first kappa shape index (κ1) is 19.3. The summed E-state index contributed by atoms with van der Waals surface area (Å²) in [4.78, 5) is 12.2. The van der Waals surface area contributed by atoms with Gasteiger partial charge in [-0.15, -0.1) is 0 Å². The van der Waals surface area contributed by atoms with Crippen LogP contribution in [-0.4, -0.2) is 67.4 Å². The molecule has 2 atom stereocenters. The third-order valence-electron chi connectivity index (χ3n) is 4.86. The molecule has 0 aliphatic carbocycles. The normalized spacial score (nSPS) is 26.5. The van der Waals surface area contributed by atoms with E-state index >= 15 is 0 Å². The van der Waals surface area contributed by atoms with E-state index in [1.165, 1.54) is 8.61 Å². The zero-order chi connectivity index (χ0) is 18.7. The summed E-state index contributed by atoms with van der Waals surface area (Å²) < 4.78 is 34.5. The van der Waals surface area contributed by atoms with Gasteiger partial charge >= 0.3 is 0 Å². The standard InChI is InChI=1S/C18H27N3O4S/c1-14-12-21(13-15(2)25-14)26(23,24)20-10-8-17(9-11-20)19-18(22)16-6-4-3-5-7-16/h3-7,14-15,17H,8-13H2,1-2H3,(H,19,22)/t14-,15-/m1/s1. The second kappa shape index (κ2) is 8.04. The highest BCUT2D eigenvalue weighted by molar-refractivity contribution is 7.86. The fraction of sp³-hybridized carbons (Fsp3) is 0.611. The van der Waals surface area contributed by atoms with Gasteiger partial charge in [0.15, 0.2) is 0 Å². The van der Waals surface area contributed by atoms with Crippen LogP contribution >= 0.6 is 0 Å². The van der Waals surface area contributed by atoms with Crippen LogP contribution in [0.1, 0.15) is 37.0 Å². The highest BCUT2D eigenvalue weighted by Gasteiger charge is 2.37. The number of benzene rings is 1. The summed E-state index contributed by atoms with van der Waals surface area (Å²) in [6.45, 7) is 5.39. The van der Waals surface area contributed by atoms with E-state index in [0.717, 1.165) is 0 Å². The van der Waals surface area contributed by atoms with Gasteiger partial charge < -0.3 is 10.1 Å². The van der Waals surface area contributed by atoms with Crippen LogP contribution in [0.2, 0.25) is 0 Å². The minimum absolute atomic E-state index is 0.00306. The van der Waals surface area contributed by atoms with Crippen molar-refractivity contribution in [2.75, 3.05) is 26.2 Å². The minimum Gasteiger partial charge on any atom is -0.373 e. The van der Waals surface area contributed by atoms with Gasteiger partial charge in [-0.2, -0.15) is 17.0 Å². The molecule has 0 bridgehead atoms. The Morgan fingerprint density at radius 3 is 2.19 bits per heavy atom. The monoisotopic (exact) mass is 381 g/mol. The number of carbonyl (C=O) groups excluding carboxylic acids is 1. The zero-order valence-electron chi connectivity index (χ0n) is 15.3. The van der Waals surface area contributed by atoms with Crippen LogP contribution in [0, 0.1) is 0 Å². The van der Waals surface area contributed by atoms with Gasteiger partial charge in [-0.05, 0) is 38.8 Å². The van der Waals surface area contributed by atoms with Crippen LogP contribution in [-0.2, 0) is 14.9 Å². The average molecular weight is 381 g/mol. The Bertz CT molecular complexity index is 707. The van der Waals surface area contributed by atoms with Crippen molar-refractivity contribution in [1.29, 1.82) is 0 Å². The molecule has 7 nitrogen and oxygen atoms in total. The quantitative estimate of drug-likeness (QED) is 0.851. The molecule has 0 aromatic heterocycles. The third-order valence-corrected chi connectivity index (χ3v) is 6.83. The first-order valence-electron chi connectivity index (χ1n) is 9.13. The molecule has 8 heteroatoms. The predicted octanol–water partition coefficient (Wildman–Crippen LogP) is 1.23. The van der Waals surface area contributed by atoms with Crippen molar-refractivity contribution in [3.63, 3.8) is 0 Å². The molecule has 2 fully saturated rings. The van der Waals surface area contributed by atoms with Gasteiger partial charge in [0.1, 0.15) is 0 Å². The molecule has 0 saturated carbocycles. The summed E-state index contributed by atoms with van der Waals surface area (Å²) in [6, 6.07) is 9.07. The van der Waals surface area contributed by atoms with E-state index in [1.807, 2.05) is 32.0 Å². The average Bonchev–Trinajstić information content (AvgIpc) is 2.62. The van der Waals surface area contributed by atoms with Crippen molar-refractivity contribution < 1.29 is 17.9 Å². The number of amides is 1. The lowest BCUT2D eigenvalue weighted by molar-refractivity contribution is -0.0456. The predicted molar refractivity (Wildman–Crippen MR) is 99.0 cm³/mol. The van der Waals surface area contributed by atoms with Gasteiger partial charge in [0.05, 0.1) is 12.2 Å². The molecule has 0 unspecified atom stereocenters. The molecule has 2 heterocycles. The zero-order valence-corrected chi connectivity index (χ0v) is 16.1. The van der Waals surface area contributed by atoms with Crippen molar-refractivity contribution in [3.8, 4) is 0 Å². The molecule has 0 radical (unpaired) electrons. The Labute approximate surface area is 155 Å². The summed E-state index contributed by atoms with van der Waals surface area (Å²) in [7, 11) is -3.48. The topological polar surface area (TPSA) is 79.0 Å². The van der Waals surface area contributed by atoms with E-state index in [9.17, 15) is 13.2 Å². The Morgan fingerprint density at radius 1 is 1.04 bits per heavy atom. The van der Waals surface area contributed by atoms with E-state index in [0.29, 0.717) is 44.6 Å². The molecular weight excluding hydrogens is 354 g/mol. The van der Waals surface area contributed by atoms with Gasteiger partial charge in [0.2, 0.25) is 0 Å². The van der Waals surface area contributed by atoms with Crippen molar-refractivity contribution in [1.82, 2.24) is 13.9 Å². The summed E-state index contributed by atoms with van der Waals surface area (Å²) in [5.74, 6) is -0.109. The fourth-order valence-corrected chi connectivity index (χ4v) is 5.37. The molecule has 1 N–H and O–H groups in total. The van der Waals surface area contributed by atoms with Gasteiger partial charge in [-0.3, -0.25) is 4.79 Å². The molecule has 1 aromatic rings. The van der Waals surface area contributed by atoms with E-state index in [2.05, 4.69) is 5.32 Å². The van der Waals surface area contributed by atoms with Gasteiger partial charge in [-0.25, -0.2) is 0 Å². The lowest BCUT2D eigenvalue weighted by atomic mass is 10.1. The lowest BCUT2D eigenvalue weighted by Gasteiger charge is -2.39. The molecule has 26 heavy (non-hydrogen) atoms. The number of nitrogens with one attached hydrogen (secondary N) is 1. The minimum atomic E-state index is -3.48. The molecule has 1 amide bonds. The first-order valence-corrected chi connectivity index (χ1v) is 10.5. The van der Waals surface area contributed by atoms with Crippen LogP contribution < -0.4 is 5.32 Å². The van der Waals surface area contributed by atoms with Crippen LogP contribution in [0.25, 0.3) is 0 Å². The number of nitrogens with zero attached hydrogens (tertiary/aromatic N) is 2. The van der Waals surface area contributed by atoms with Gasteiger partial charge in [0, 0.05) is 37.8 Å². The Hall–Kier alpha value is -1.48. The lowest BCUT2D eigenvalue weighted by Crippen LogP contribution is -2.55. The molecule has 3 rings (SSSR count). The maximum absolute atomic E-state index is 12.9. The van der Waals surface area contributed by atoms with Crippen molar-refractivity contribution in [2.24, 2.45) is 0 Å². The number of piperidine rings is 1. The summed E-state index contributed by atoms with van der Waals surface area (Å²) in [5, 5.41) is 3.01. The second-order valence-electron chi connectivity index (χ2n) is 7.09. The highest BCUT2D eigenvalue weighted by atomic mass is 32.2. The van der Waals surface area contributed by atoms with E-state index in [4.69, 9.17) is 4.74 Å². The summed E-state index contributed by atoms with van der Waals surface area (Å²) >= 11 is 0. The van der Waals surface area contributed by atoms with Gasteiger partial charge in [0.25, 0.3) is 16.1 Å². The molecule has 2 saturated heterocycles. The van der Waals surface area contributed by atoms with Crippen LogP contribution in [0.15, 0.2) is 30.3 Å². The number of morpholine rings is 1. The van der Waals surface area contributed by atoms with E-state index in [1.54, 1.807) is 12.1 Å². The molecule has 0 spiro atoms. The molecule has 2 aliphatic rings. The van der Waals surface area contributed by atoms with Crippen LogP contribution in [0.5, 0.6) is 0 Å². The summed E-state index contributed by atoms with van der Waals surface area (Å²) in [6.07, 6.45) is 1.04. The Balaban J connectivity index is 1.55. The molecule has 1 aromatic carbocycles. The number of hydrogen-bond donors (Lipinski definition) is 1. The maximum atomic E-state index is 12.9. The van der Waals surface area contributed by atoms with Crippen LogP contribution in [0.4, 0.5) is 0 Å². The SMILES string of the molecule is C[C@@H]1CN(S(=O)(=O)N2CCC(NC(=O)c3ccccc3)CC2)C[C@@H](C)O1. The Morgan fingerprint density at radius 2 is 1.62 bits per heavy atom. The maximum Gasteiger partial charge on any atom is 0.282 e. The fourth-order valence-electron chi connectivity index (χ4n) is 3.57. The largest absolute Gasteiger partial charge is 0.373 e.